The summed E-state index contributed by atoms with van der Waals surface area (Å²) >= 11 is 4.27. The summed E-state index contributed by atoms with van der Waals surface area (Å²) in [6.45, 7) is 0. The Balaban J connectivity index is 1.73. The molecule has 0 bridgehead atoms. The summed E-state index contributed by atoms with van der Waals surface area (Å²) < 4.78 is 28.0. The van der Waals surface area contributed by atoms with Crippen molar-refractivity contribution < 1.29 is 18.0 Å². The molecule has 3 rings (SSSR count). The molecule has 140 valence electrons. The van der Waals surface area contributed by atoms with Crippen LogP contribution in [0.2, 0.25) is 0 Å². The summed E-state index contributed by atoms with van der Waals surface area (Å²) in [5, 5.41) is 1.64. The molecule has 8 nitrogen and oxygen atoms in total. The molecule has 0 fully saturated rings. The molecular weight excluding hydrogens is 456 g/mol. The van der Waals surface area contributed by atoms with Gasteiger partial charge in [0.25, 0.3) is 21.8 Å². The number of aromatic nitrogens is 1. The number of para-hydroxylation sites is 1. The number of aromatic amines is 1. The summed E-state index contributed by atoms with van der Waals surface area (Å²) in [5.74, 6) is -1.22. The standard InChI is InChI=1S/C16H13BrN4O4S2/c17-10-8-13(18-9-10)16(23)20-19-15(22)11-4-1-2-5-12(11)21-27(24,25)14-6-3-7-26-14/h1-9,18,21H,(H,19,22)(H,20,23). The number of H-pyrrole nitrogens is 1. The van der Waals surface area contributed by atoms with Crippen molar-refractivity contribution in [2.45, 2.75) is 4.21 Å². The molecule has 11 heteroatoms. The fourth-order valence-corrected chi connectivity index (χ4v) is 4.54. The van der Waals surface area contributed by atoms with Gasteiger partial charge in [-0.25, -0.2) is 8.42 Å². The van der Waals surface area contributed by atoms with E-state index >= 15 is 0 Å². The highest BCUT2D eigenvalue weighted by Gasteiger charge is 2.19. The number of carbonyl (C=O) groups excluding carboxylic acids is 2. The first kappa shape index (κ1) is 19.1. The Labute approximate surface area is 167 Å². The monoisotopic (exact) mass is 468 g/mol. The highest BCUT2D eigenvalue weighted by Crippen LogP contribution is 2.22. The topological polar surface area (TPSA) is 120 Å². The van der Waals surface area contributed by atoms with Gasteiger partial charge >= 0.3 is 0 Å². The molecule has 0 radical (unpaired) electrons. The minimum absolute atomic E-state index is 0.0607. The third-order valence-electron chi connectivity index (χ3n) is 3.36. The molecule has 0 saturated carbocycles. The predicted octanol–water partition coefficient (Wildman–Crippen LogP) is 2.71. The van der Waals surface area contributed by atoms with Gasteiger partial charge in [0.05, 0.1) is 11.3 Å². The van der Waals surface area contributed by atoms with Crippen molar-refractivity contribution in [3.63, 3.8) is 0 Å². The van der Waals surface area contributed by atoms with E-state index in [4.69, 9.17) is 0 Å². The molecule has 0 aliphatic carbocycles. The van der Waals surface area contributed by atoms with E-state index in [-0.39, 0.29) is 21.2 Å². The number of nitrogens with one attached hydrogen (secondary N) is 4. The van der Waals surface area contributed by atoms with Crippen LogP contribution in [0.1, 0.15) is 20.8 Å². The number of thiophene rings is 1. The lowest BCUT2D eigenvalue weighted by Crippen LogP contribution is -2.42. The van der Waals surface area contributed by atoms with Crippen molar-refractivity contribution in [1.29, 1.82) is 0 Å². The Morgan fingerprint density at radius 1 is 1.04 bits per heavy atom. The summed E-state index contributed by atoms with van der Waals surface area (Å²) in [7, 11) is -3.81. The highest BCUT2D eigenvalue weighted by atomic mass is 79.9. The largest absolute Gasteiger partial charge is 0.356 e. The third-order valence-corrected chi connectivity index (χ3v) is 6.58. The number of sulfonamides is 1. The van der Waals surface area contributed by atoms with Crippen LogP contribution < -0.4 is 15.6 Å². The number of rotatable bonds is 5. The van der Waals surface area contributed by atoms with Gasteiger partial charge in [0.1, 0.15) is 9.90 Å². The van der Waals surface area contributed by atoms with E-state index < -0.39 is 21.8 Å². The van der Waals surface area contributed by atoms with Gasteiger partial charge in [0, 0.05) is 10.7 Å². The lowest BCUT2D eigenvalue weighted by atomic mass is 10.2. The Morgan fingerprint density at radius 2 is 1.78 bits per heavy atom. The summed E-state index contributed by atoms with van der Waals surface area (Å²) in [4.78, 5) is 27.1. The zero-order valence-electron chi connectivity index (χ0n) is 13.5. The van der Waals surface area contributed by atoms with E-state index in [1.165, 1.54) is 18.2 Å². The number of amides is 2. The maximum Gasteiger partial charge on any atom is 0.286 e. The number of hydrogen-bond acceptors (Lipinski definition) is 5. The summed E-state index contributed by atoms with van der Waals surface area (Å²) in [6.07, 6.45) is 1.57. The quantitative estimate of drug-likeness (QED) is 0.430. The van der Waals surface area contributed by atoms with Gasteiger partial charge in [0.15, 0.2) is 0 Å². The fraction of sp³-hybridized carbons (Fsp3) is 0. The van der Waals surface area contributed by atoms with Crippen molar-refractivity contribution in [1.82, 2.24) is 15.8 Å². The van der Waals surface area contributed by atoms with Gasteiger partial charge in [-0.2, -0.15) is 0 Å². The molecule has 0 unspecified atom stereocenters. The van der Waals surface area contributed by atoms with E-state index in [0.29, 0.717) is 4.47 Å². The molecule has 2 aromatic heterocycles. The van der Waals surface area contributed by atoms with Gasteiger partial charge in [-0.05, 0) is 45.6 Å². The second-order valence-corrected chi connectivity index (χ2v) is 9.00. The number of hydrazine groups is 1. The third kappa shape index (κ3) is 4.56. The van der Waals surface area contributed by atoms with Crippen LogP contribution in [-0.4, -0.2) is 25.2 Å². The van der Waals surface area contributed by atoms with E-state index in [9.17, 15) is 18.0 Å². The van der Waals surface area contributed by atoms with Crippen LogP contribution in [0, 0.1) is 0 Å². The summed E-state index contributed by atoms with van der Waals surface area (Å²) in [5.41, 5.74) is 4.93. The number of benzene rings is 1. The number of carbonyl (C=O) groups is 2. The average Bonchev–Trinajstić information content (AvgIpc) is 3.31. The van der Waals surface area contributed by atoms with Crippen LogP contribution in [-0.2, 0) is 10.0 Å². The van der Waals surface area contributed by atoms with E-state index in [2.05, 4.69) is 36.5 Å². The highest BCUT2D eigenvalue weighted by molar-refractivity contribution is 9.10. The SMILES string of the molecule is O=C(NNC(=O)c1ccccc1NS(=O)(=O)c1cccs1)c1cc(Br)c[nH]1. The van der Waals surface area contributed by atoms with Crippen molar-refractivity contribution in [2.24, 2.45) is 0 Å². The minimum Gasteiger partial charge on any atom is -0.356 e. The second-order valence-electron chi connectivity index (χ2n) is 5.22. The van der Waals surface area contributed by atoms with Gasteiger partial charge < -0.3 is 4.98 Å². The van der Waals surface area contributed by atoms with Crippen LogP contribution in [0.25, 0.3) is 0 Å². The lowest BCUT2D eigenvalue weighted by Gasteiger charge is -2.12. The lowest BCUT2D eigenvalue weighted by molar-refractivity contribution is 0.0844. The van der Waals surface area contributed by atoms with Crippen LogP contribution in [0.4, 0.5) is 5.69 Å². The number of hydrogen-bond donors (Lipinski definition) is 4. The molecule has 0 spiro atoms. The molecule has 2 amide bonds. The molecule has 3 aromatic rings. The van der Waals surface area contributed by atoms with Gasteiger partial charge in [-0.1, -0.05) is 18.2 Å². The van der Waals surface area contributed by atoms with E-state index in [1.807, 2.05) is 0 Å². The first-order valence-electron chi connectivity index (χ1n) is 7.47. The molecular formula is C16H13BrN4O4S2. The maximum absolute atomic E-state index is 12.4. The second kappa shape index (κ2) is 7.94. The van der Waals surface area contributed by atoms with Crippen molar-refractivity contribution in [3.8, 4) is 0 Å². The number of anilines is 1. The predicted molar refractivity (Wildman–Crippen MR) is 105 cm³/mol. The van der Waals surface area contributed by atoms with Crippen molar-refractivity contribution >= 4 is 54.8 Å². The van der Waals surface area contributed by atoms with Crippen molar-refractivity contribution in [2.75, 3.05) is 4.72 Å². The fourth-order valence-electron chi connectivity index (χ4n) is 2.13. The first-order valence-corrected chi connectivity index (χ1v) is 10.6. The molecule has 0 aliphatic rings. The molecule has 27 heavy (non-hydrogen) atoms. The molecule has 4 N–H and O–H groups in total. The molecule has 0 saturated heterocycles. The Bertz CT molecular complexity index is 1080. The van der Waals surface area contributed by atoms with Crippen LogP contribution in [0.5, 0.6) is 0 Å². The molecule has 2 heterocycles. The zero-order valence-corrected chi connectivity index (χ0v) is 16.7. The van der Waals surface area contributed by atoms with Gasteiger partial charge in [-0.15, -0.1) is 11.3 Å². The van der Waals surface area contributed by atoms with Crippen LogP contribution in [0.15, 0.2) is 62.7 Å². The van der Waals surface area contributed by atoms with Crippen LogP contribution >= 0.6 is 27.3 Å². The Morgan fingerprint density at radius 3 is 2.44 bits per heavy atom. The Kier molecular flexibility index (Phi) is 5.63. The van der Waals surface area contributed by atoms with Crippen LogP contribution in [0.3, 0.4) is 0 Å². The van der Waals surface area contributed by atoms with Gasteiger partial charge in [-0.3, -0.25) is 25.2 Å². The summed E-state index contributed by atoms with van der Waals surface area (Å²) in [6, 6.07) is 10.7. The minimum atomic E-state index is -3.81. The normalized spacial score (nSPS) is 11.0. The zero-order chi connectivity index (χ0) is 19.4. The smallest absolute Gasteiger partial charge is 0.286 e. The molecule has 0 atom stereocenters. The van der Waals surface area contributed by atoms with Gasteiger partial charge in [0.2, 0.25) is 0 Å². The molecule has 1 aromatic carbocycles. The molecule has 0 aliphatic heterocycles. The van der Waals surface area contributed by atoms with Crippen molar-refractivity contribution in [3.05, 3.63) is 69.8 Å². The average molecular weight is 469 g/mol. The maximum atomic E-state index is 12.4. The Hall–Kier alpha value is -2.63. The first-order chi connectivity index (χ1) is 12.9. The van der Waals surface area contributed by atoms with E-state index in [0.717, 1.165) is 11.3 Å². The van der Waals surface area contributed by atoms with E-state index in [1.54, 1.807) is 35.8 Å². The number of halogens is 1.